The number of halogens is 4. The zero-order valence-electron chi connectivity index (χ0n) is 11.1. The second-order valence-corrected chi connectivity index (χ2v) is 4.33. The van der Waals surface area contributed by atoms with Crippen LogP contribution in [0.3, 0.4) is 0 Å². The van der Waals surface area contributed by atoms with Crippen molar-refractivity contribution in [2.24, 2.45) is 0 Å². The number of benzene rings is 2. The van der Waals surface area contributed by atoms with Crippen molar-refractivity contribution in [1.82, 2.24) is 0 Å². The van der Waals surface area contributed by atoms with E-state index in [2.05, 4.69) is 0 Å². The molecule has 23 heavy (non-hydrogen) atoms. The highest BCUT2D eigenvalue weighted by molar-refractivity contribution is 5.91. The fourth-order valence-corrected chi connectivity index (χ4v) is 1.67. The van der Waals surface area contributed by atoms with Gasteiger partial charge in [0.05, 0.1) is 16.1 Å². The SMILES string of the molecule is O=C(Oc1cc(F)ccc1[N+](=O)[O-])c1ccc(C(F)(F)F)cc1. The second-order valence-electron chi connectivity index (χ2n) is 4.33. The molecule has 2 aromatic carbocycles. The van der Waals surface area contributed by atoms with Gasteiger partial charge in [0.2, 0.25) is 5.75 Å². The lowest BCUT2D eigenvalue weighted by Crippen LogP contribution is -2.11. The monoisotopic (exact) mass is 329 g/mol. The highest BCUT2D eigenvalue weighted by Crippen LogP contribution is 2.30. The Morgan fingerprint density at radius 1 is 1.09 bits per heavy atom. The van der Waals surface area contributed by atoms with Gasteiger partial charge in [-0.05, 0) is 30.3 Å². The van der Waals surface area contributed by atoms with Crippen LogP contribution in [0, 0.1) is 15.9 Å². The number of hydrogen-bond acceptors (Lipinski definition) is 4. The molecule has 0 bridgehead atoms. The van der Waals surface area contributed by atoms with Gasteiger partial charge in [-0.25, -0.2) is 9.18 Å². The van der Waals surface area contributed by atoms with Crippen LogP contribution >= 0.6 is 0 Å². The van der Waals surface area contributed by atoms with Crippen molar-refractivity contribution in [3.63, 3.8) is 0 Å². The Morgan fingerprint density at radius 3 is 2.22 bits per heavy atom. The Labute approximate surface area is 126 Å². The molecule has 120 valence electrons. The van der Waals surface area contributed by atoms with Gasteiger partial charge in [-0.3, -0.25) is 10.1 Å². The van der Waals surface area contributed by atoms with Crippen LogP contribution in [0.2, 0.25) is 0 Å². The average Bonchev–Trinajstić information content (AvgIpc) is 2.46. The molecule has 0 aromatic heterocycles. The lowest BCUT2D eigenvalue weighted by molar-refractivity contribution is -0.385. The molecule has 0 heterocycles. The van der Waals surface area contributed by atoms with E-state index in [0.29, 0.717) is 18.2 Å². The molecule has 5 nitrogen and oxygen atoms in total. The lowest BCUT2D eigenvalue weighted by Gasteiger charge is -2.08. The molecule has 0 amide bonds. The van der Waals surface area contributed by atoms with Crippen LogP contribution < -0.4 is 4.74 Å². The Balaban J connectivity index is 2.26. The molecule has 9 heteroatoms. The fourth-order valence-electron chi connectivity index (χ4n) is 1.67. The summed E-state index contributed by atoms with van der Waals surface area (Å²) in [6.45, 7) is 0. The number of alkyl halides is 3. The normalized spacial score (nSPS) is 11.1. The Morgan fingerprint density at radius 2 is 1.70 bits per heavy atom. The van der Waals surface area contributed by atoms with Crippen LogP contribution in [0.15, 0.2) is 42.5 Å². The van der Waals surface area contributed by atoms with E-state index in [1.807, 2.05) is 0 Å². The van der Waals surface area contributed by atoms with E-state index in [1.165, 1.54) is 0 Å². The highest BCUT2D eigenvalue weighted by Gasteiger charge is 2.30. The summed E-state index contributed by atoms with van der Waals surface area (Å²) in [6.07, 6.45) is -4.57. The van der Waals surface area contributed by atoms with Gasteiger partial charge in [0.25, 0.3) is 0 Å². The number of nitro benzene ring substituents is 1. The lowest BCUT2D eigenvalue weighted by atomic mass is 10.1. The maximum atomic E-state index is 13.1. The maximum Gasteiger partial charge on any atom is 0.416 e. The predicted molar refractivity (Wildman–Crippen MR) is 69.5 cm³/mol. The van der Waals surface area contributed by atoms with E-state index in [1.54, 1.807) is 0 Å². The summed E-state index contributed by atoms with van der Waals surface area (Å²) in [5.74, 6) is -2.65. The van der Waals surface area contributed by atoms with Gasteiger partial charge in [-0.15, -0.1) is 0 Å². The molecular formula is C14H7F4NO4. The molecule has 0 saturated carbocycles. The van der Waals surface area contributed by atoms with E-state index < -0.39 is 39.9 Å². The van der Waals surface area contributed by atoms with Crippen molar-refractivity contribution < 1.29 is 32.0 Å². The molecule has 2 aromatic rings. The van der Waals surface area contributed by atoms with Crippen LogP contribution in [0.1, 0.15) is 15.9 Å². The molecule has 0 aliphatic heterocycles. The number of ether oxygens (including phenoxy) is 1. The number of rotatable bonds is 3. The number of nitro groups is 1. The maximum absolute atomic E-state index is 13.1. The van der Waals surface area contributed by atoms with Crippen LogP contribution in [0.25, 0.3) is 0 Å². The average molecular weight is 329 g/mol. The molecule has 0 aliphatic carbocycles. The van der Waals surface area contributed by atoms with Crippen molar-refractivity contribution in [1.29, 1.82) is 0 Å². The molecule has 0 spiro atoms. The van der Waals surface area contributed by atoms with Crippen molar-refractivity contribution in [3.8, 4) is 5.75 Å². The minimum absolute atomic E-state index is 0.267. The second kappa shape index (κ2) is 6.03. The number of carbonyl (C=O) groups is 1. The Bertz CT molecular complexity index is 756. The van der Waals surface area contributed by atoms with Gasteiger partial charge in [0.1, 0.15) is 5.82 Å². The van der Waals surface area contributed by atoms with E-state index in [-0.39, 0.29) is 5.56 Å². The van der Waals surface area contributed by atoms with Crippen molar-refractivity contribution in [2.45, 2.75) is 6.18 Å². The summed E-state index contributed by atoms with van der Waals surface area (Å²) in [5.41, 5.74) is -1.88. The summed E-state index contributed by atoms with van der Waals surface area (Å²) in [6, 6.07) is 5.30. The van der Waals surface area contributed by atoms with E-state index in [0.717, 1.165) is 24.3 Å². The van der Waals surface area contributed by atoms with Gasteiger partial charge in [-0.2, -0.15) is 13.2 Å². The third-order valence-electron chi connectivity index (χ3n) is 2.77. The number of esters is 1. The molecule has 0 fully saturated rings. The topological polar surface area (TPSA) is 69.4 Å². The van der Waals surface area contributed by atoms with Crippen LogP contribution in [0.5, 0.6) is 5.75 Å². The van der Waals surface area contributed by atoms with Crippen LogP contribution in [-0.2, 0) is 6.18 Å². The molecule has 0 aliphatic rings. The summed E-state index contributed by atoms with van der Waals surface area (Å²) < 4.78 is 55.1. The predicted octanol–water partition coefficient (Wildman–Crippen LogP) is 3.97. The molecular weight excluding hydrogens is 322 g/mol. The van der Waals surface area contributed by atoms with Gasteiger partial charge in [0.15, 0.2) is 0 Å². The van der Waals surface area contributed by atoms with E-state index in [9.17, 15) is 32.5 Å². The Kier molecular flexibility index (Phi) is 4.30. The first-order valence-electron chi connectivity index (χ1n) is 6.02. The molecule has 0 unspecified atom stereocenters. The van der Waals surface area contributed by atoms with Gasteiger partial charge in [-0.1, -0.05) is 0 Å². The first-order valence-corrected chi connectivity index (χ1v) is 6.02. The smallest absolute Gasteiger partial charge is 0.415 e. The molecule has 0 atom stereocenters. The standard InChI is InChI=1S/C14H7F4NO4/c15-10-5-6-11(19(21)22)12(7-10)23-13(20)8-1-3-9(4-2-8)14(16,17)18/h1-7H. The first-order chi connectivity index (χ1) is 10.7. The van der Waals surface area contributed by atoms with Crippen molar-refractivity contribution in [2.75, 3.05) is 0 Å². The zero-order chi connectivity index (χ0) is 17.2. The minimum Gasteiger partial charge on any atom is -0.415 e. The molecule has 0 N–H and O–H groups in total. The molecule has 0 radical (unpaired) electrons. The molecule has 0 saturated heterocycles. The molecule has 2 rings (SSSR count). The van der Waals surface area contributed by atoms with Crippen LogP contribution in [-0.4, -0.2) is 10.9 Å². The summed E-state index contributed by atoms with van der Waals surface area (Å²) in [7, 11) is 0. The fraction of sp³-hybridized carbons (Fsp3) is 0.0714. The summed E-state index contributed by atoms with van der Waals surface area (Å²) >= 11 is 0. The largest absolute Gasteiger partial charge is 0.416 e. The quantitative estimate of drug-likeness (QED) is 0.281. The number of carbonyl (C=O) groups excluding carboxylic acids is 1. The highest BCUT2D eigenvalue weighted by atomic mass is 19.4. The van der Waals surface area contributed by atoms with E-state index in [4.69, 9.17) is 4.74 Å². The third kappa shape index (κ3) is 3.82. The van der Waals surface area contributed by atoms with Crippen molar-refractivity contribution in [3.05, 3.63) is 69.5 Å². The third-order valence-corrected chi connectivity index (χ3v) is 2.77. The van der Waals surface area contributed by atoms with Gasteiger partial charge in [0, 0.05) is 12.1 Å². The zero-order valence-corrected chi connectivity index (χ0v) is 11.1. The minimum atomic E-state index is -4.57. The van der Waals surface area contributed by atoms with Gasteiger partial charge >= 0.3 is 17.8 Å². The number of hydrogen-bond donors (Lipinski definition) is 0. The summed E-state index contributed by atoms with van der Waals surface area (Å²) in [4.78, 5) is 21.7. The van der Waals surface area contributed by atoms with Gasteiger partial charge < -0.3 is 4.74 Å². The van der Waals surface area contributed by atoms with Crippen molar-refractivity contribution >= 4 is 11.7 Å². The summed E-state index contributed by atoms with van der Waals surface area (Å²) in [5, 5.41) is 10.8. The first kappa shape index (κ1) is 16.4. The number of nitrogens with zero attached hydrogens (tertiary/aromatic N) is 1. The van der Waals surface area contributed by atoms with E-state index >= 15 is 0 Å². The Hall–Kier alpha value is -2.97. The van der Waals surface area contributed by atoms with Crippen LogP contribution in [0.4, 0.5) is 23.2 Å².